The second-order valence-corrected chi connectivity index (χ2v) is 18.5. The van der Waals surface area contributed by atoms with Gasteiger partial charge >= 0.3 is 0 Å². The minimum atomic E-state index is -0.0547. The fraction of sp³-hybridized carbons (Fsp3) is 0.0492. The zero-order valence-corrected chi connectivity index (χ0v) is 36.4. The smallest absolute Gasteiger partial charge is 0.160 e. The molecule has 1 aliphatic carbocycles. The lowest BCUT2D eigenvalue weighted by atomic mass is 9.81. The second-order valence-electron chi connectivity index (χ2n) is 17.4. The van der Waals surface area contributed by atoms with Gasteiger partial charge in [-0.3, -0.25) is 0 Å². The molecule has 0 saturated heterocycles. The van der Waals surface area contributed by atoms with Crippen LogP contribution in [0.4, 0.5) is 0 Å². The fourth-order valence-electron chi connectivity index (χ4n) is 9.68. The SMILES string of the molecule is CC1(C)c2ccccc2-c2ccc(-c3ccc(-c4cc(-c5cc(-c6ccc(-c7ccccc7)cc6)cc(-c6ccc7sc8ccccc8c7c6)c5)nc(-c5ccccc5)n4)cc3)cc21. The Labute approximate surface area is 377 Å². The summed E-state index contributed by atoms with van der Waals surface area (Å²) >= 11 is 1.85. The summed E-state index contributed by atoms with van der Waals surface area (Å²) in [5.41, 5.74) is 19.6. The lowest BCUT2D eigenvalue weighted by Crippen LogP contribution is -2.14. The van der Waals surface area contributed by atoms with Gasteiger partial charge in [0.05, 0.1) is 11.4 Å². The molecule has 1 aliphatic rings. The summed E-state index contributed by atoms with van der Waals surface area (Å²) < 4.78 is 2.60. The van der Waals surface area contributed by atoms with E-state index in [0.717, 1.165) is 44.8 Å². The third-order valence-corrected chi connectivity index (χ3v) is 14.3. The van der Waals surface area contributed by atoms with E-state index in [1.807, 2.05) is 17.4 Å². The van der Waals surface area contributed by atoms with E-state index >= 15 is 0 Å². The van der Waals surface area contributed by atoms with Gasteiger partial charge in [-0.15, -0.1) is 11.3 Å². The van der Waals surface area contributed by atoms with E-state index in [4.69, 9.17) is 9.97 Å². The maximum absolute atomic E-state index is 5.32. The predicted molar refractivity (Wildman–Crippen MR) is 271 cm³/mol. The van der Waals surface area contributed by atoms with Crippen molar-refractivity contribution in [1.29, 1.82) is 0 Å². The first kappa shape index (κ1) is 38.0. The van der Waals surface area contributed by atoms with Crippen LogP contribution in [0.5, 0.6) is 0 Å². The molecule has 2 aromatic heterocycles. The molecule has 0 aliphatic heterocycles. The van der Waals surface area contributed by atoms with Gasteiger partial charge in [-0.2, -0.15) is 0 Å². The molecule has 0 bridgehead atoms. The van der Waals surface area contributed by atoms with Gasteiger partial charge in [0.15, 0.2) is 5.82 Å². The summed E-state index contributed by atoms with van der Waals surface area (Å²) in [5.74, 6) is 0.697. The molecule has 11 aromatic rings. The highest BCUT2D eigenvalue weighted by atomic mass is 32.1. The van der Waals surface area contributed by atoms with Crippen molar-refractivity contribution >= 4 is 31.5 Å². The molecule has 3 heteroatoms. The Morgan fingerprint density at radius 1 is 0.312 bits per heavy atom. The molecule has 0 radical (unpaired) electrons. The molecule has 302 valence electrons. The van der Waals surface area contributed by atoms with Crippen molar-refractivity contribution in [2.45, 2.75) is 19.3 Å². The highest BCUT2D eigenvalue weighted by molar-refractivity contribution is 7.25. The minimum Gasteiger partial charge on any atom is -0.228 e. The molecule has 2 nitrogen and oxygen atoms in total. The first-order valence-electron chi connectivity index (χ1n) is 22.0. The van der Waals surface area contributed by atoms with Gasteiger partial charge in [-0.05, 0) is 115 Å². The van der Waals surface area contributed by atoms with Crippen LogP contribution in [0.1, 0.15) is 25.0 Å². The zero-order chi connectivity index (χ0) is 42.8. The largest absolute Gasteiger partial charge is 0.228 e. The van der Waals surface area contributed by atoms with E-state index in [1.54, 1.807) is 0 Å². The minimum absolute atomic E-state index is 0.0547. The second kappa shape index (κ2) is 15.3. The number of fused-ring (bicyclic) bond motifs is 6. The van der Waals surface area contributed by atoms with Gasteiger partial charge in [0.25, 0.3) is 0 Å². The summed E-state index contributed by atoms with van der Waals surface area (Å²) in [5, 5.41) is 2.58. The fourth-order valence-corrected chi connectivity index (χ4v) is 10.8. The van der Waals surface area contributed by atoms with E-state index in [2.05, 4.69) is 226 Å². The molecule has 0 amide bonds. The van der Waals surface area contributed by atoms with E-state index in [9.17, 15) is 0 Å². The maximum atomic E-state index is 5.32. The molecule has 0 saturated carbocycles. The molecule has 9 aromatic carbocycles. The Bertz CT molecular complexity index is 3550. The molecular weight excluding hydrogens is 793 g/mol. The Hall–Kier alpha value is -7.72. The third-order valence-electron chi connectivity index (χ3n) is 13.1. The number of hydrogen-bond donors (Lipinski definition) is 0. The van der Waals surface area contributed by atoms with Crippen LogP contribution in [0.25, 0.3) is 110 Å². The predicted octanol–water partition coefficient (Wildman–Crippen LogP) is 16.8. The van der Waals surface area contributed by atoms with Crippen LogP contribution in [0.2, 0.25) is 0 Å². The quantitative estimate of drug-likeness (QED) is 0.160. The molecular formula is C61H42N2S. The highest BCUT2D eigenvalue weighted by Crippen LogP contribution is 2.49. The maximum Gasteiger partial charge on any atom is 0.160 e. The monoisotopic (exact) mass is 834 g/mol. The summed E-state index contributed by atoms with van der Waals surface area (Å²) in [4.78, 5) is 10.6. The molecule has 0 fully saturated rings. The van der Waals surface area contributed by atoms with Gasteiger partial charge in [-0.25, -0.2) is 9.97 Å². The van der Waals surface area contributed by atoms with E-state index in [-0.39, 0.29) is 5.41 Å². The van der Waals surface area contributed by atoms with Crippen molar-refractivity contribution in [2.24, 2.45) is 0 Å². The molecule has 64 heavy (non-hydrogen) atoms. The number of rotatable bonds is 7. The van der Waals surface area contributed by atoms with E-state index in [1.165, 1.54) is 70.2 Å². The average Bonchev–Trinajstić information content (AvgIpc) is 3.85. The van der Waals surface area contributed by atoms with E-state index in [0.29, 0.717) is 5.82 Å². The van der Waals surface area contributed by atoms with E-state index < -0.39 is 0 Å². The number of thiophene rings is 1. The van der Waals surface area contributed by atoms with Crippen molar-refractivity contribution in [3.8, 4) is 89.5 Å². The Morgan fingerprint density at radius 2 is 0.797 bits per heavy atom. The summed E-state index contributed by atoms with van der Waals surface area (Å²) in [6.45, 7) is 4.68. The highest BCUT2D eigenvalue weighted by Gasteiger charge is 2.35. The van der Waals surface area contributed by atoms with Crippen molar-refractivity contribution in [3.63, 3.8) is 0 Å². The van der Waals surface area contributed by atoms with Crippen molar-refractivity contribution < 1.29 is 0 Å². The standard InChI is InChI=1S/C61H42N2S/c1-61(2)54-19-11-9-17-50(54)51-31-29-46(37-55(51)61)41-25-27-43(28-26-41)56-38-57(63-60(62-56)44-15-7-4-8-16-44)49-34-47(42-23-21-40(22-24-42)39-13-5-3-6-14-39)33-48(35-49)45-30-32-59-53(36-45)52-18-10-12-20-58(52)64-59/h3-38H,1-2H3. The number of aromatic nitrogens is 2. The molecule has 0 N–H and O–H groups in total. The summed E-state index contributed by atoms with van der Waals surface area (Å²) in [6.07, 6.45) is 0. The van der Waals surface area contributed by atoms with Crippen LogP contribution >= 0.6 is 11.3 Å². The van der Waals surface area contributed by atoms with Crippen molar-refractivity contribution in [2.75, 3.05) is 0 Å². The molecule has 0 unspecified atom stereocenters. The van der Waals surface area contributed by atoms with Gasteiger partial charge in [0.1, 0.15) is 0 Å². The van der Waals surface area contributed by atoms with Gasteiger partial charge in [0.2, 0.25) is 0 Å². The molecule has 12 rings (SSSR count). The van der Waals surface area contributed by atoms with Crippen LogP contribution in [0, 0.1) is 0 Å². The van der Waals surface area contributed by atoms with Gasteiger partial charge in [-0.1, -0.05) is 184 Å². The lowest BCUT2D eigenvalue weighted by Gasteiger charge is -2.22. The summed E-state index contributed by atoms with van der Waals surface area (Å²) in [7, 11) is 0. The Morgan fingerprint density at radius 3 is 1.55 bits per heavy atom. The number of nitrogens with zero attached hydrogens (tertiary/aromatic N) is 2. The van der Waals surface area contributed by atoms with Crippen LogP contribution in [-0.2, 0) is 5.41 Å². The van der Waals surface area contributed by atoms with Crippen LogP contribution in [0.15, 0.2) is 218 Å². The lowest BCUT2D eigenvalue weighted by molar-refractivity contribution is 0.660. The van der Waals surface area contributed by atoms with Crippen LogP contribution < -0.4 is 0 Å². The number of benzene rings is 9. The third kappa shape index (κ3) is 6.64. The molecule has 0 spiro atoms. The molecule has 2 heterocycles. The van der Waals surface area contributed by atoms with Crippen LogP contribution in [-0.4, -0.2) is 9.97 Å². The Balaban J connectivity index is 0.979. The normalized spacial score (nSPS) is 12.7. The van der Waals surface area contributed by atoms with Gasteiger partial charge < -0.3 is 0 Å². The van der Waals surface area contributed by atoms with Crippen molar-refractivity contribution in [1.82, 2.24) is 9.97 Å². The molecule has 0 atom stereocenters. The first-order chi connectivity index (χ1) is 31.4. The topological polar surface area (TPSA) is 25.8 Å². The number of hydrogen-bond acceptors (Lipinski definition) is 3. The Kier molecular flexibility index (Phi) is 9.06. The zero-order valence-electron chi connectivity index (χ0n) is 35.6. The average molecular weight is 835 g/mol. The van der Waals surface area contributed by atoms with Gasteiger partial charge in [0, 0.05) is 42.3 Å². The van der Waals surface area contributed by atoms with Crippen molar-refractivity contribution in [3.05, 3.63) is 230 Å². The first-order valence-corrected chi connectivity index (χ1v) is 22.8. The summed E-state index contributed by atoms with van der Waals surface area (Å²) in [6, 6.07) is 79.2. The van der Waals surface area contributed by atoms with Crippen LogP contribution in [0.3, 0.4) is 0 Å².